The van der Waals surface area contributed by atoms with E-state index in [1.807, 2.05) is 84.9 Å². The van der Waals surface area contributed by atoms with Crippen molar-refractivity contribution in [1.82, 2.24) is 5.32 Å². The Hall–Kier alpha value is -3.15. The van der Waals surface area contributed by atoms with Gasteiger partial charge in [-0.25, -0.2) is 0 Å². The lowest BCUT2D eigenvalue weighted by molar-refractivity contribution is -0.894. The van der Waals surface area contributed by atoms with E-state index in [1.54, 1.807) is 12.0 Å². The number of benzene rings is 3. The highest BCUT2D eigenvalue weighted by atomic mass is 16.5. The first-order valence-electron chi connectivity index (χ1n) is 13.5. The predicted octanol–water partition coefficient (Wildman–Crippen LogP) is 3.82. The van der Waals surface area contributed by atoms with E-state index in [4.69, 9.17) is 4.74 Å². The predicted molar refractivity (Wildman–Crippen MR) is 150 cm³/mol. The molecular weight excluding hydrogens is 460 g/mol. The number of ether oxygens (including phenoxy) is 1. The molecule has 3 aromatic rings. The van der Waals surface area contributed by atoms with E-state index in [1.165, 1.54) is 19.6 Å². The van der Waals surface area contributed by atoms with Crippen molar-refractivity contribution in [2.75, 3.05) is 26.7 Å². The van der Waals surface area contributed by atoms with E-state index < -0.39 is 17.6 Å². The average Bonchev–Trinajstić information content (AvgIpc) is 2.95. The largest absolute Gasteiger partial charge is 0.548 e. The van der Waals surface area contributed by atoms with Gasteiger partial charge >= 0.3 is 0 Å². The van der Waals surface area contributed by atoms with Gasteiger partial charge in [0.25, 0.3) is 0 Å². The fourth-order valence-corrected chi connectivity index (χ4v) is 4.64. The standard InChI is InChI=1S/C26H29NO3.C6H15N/c1-3-4-15-24(25(28)29)27-26(20-11-7-5-8-12-20,21-13-9-6-10-14-21)22-16-18-23(30-2)19-17-22;1-4-7(5-2)6-3/h5-14,16-19,24,27H,3-4,15H2,1-2H3,(H,28,29);4-6H2,1-3H3. The summed E-state index contributed by atoms with van der Waals surface area (Å²) in [4.78, 5) is 13.8. The van der Waals surface area contributed by atoms with Crippen molar-refractivity contribution in [2.45, 2.75) is 58.5 Å². The number of carbonyl (C=O) groups excluding carboxylic acids is 1. The highest BCUT2D eigenvalue weighted by Crippen LogP contribution is 2.38. The Morgan fingerprint density at radius 1 is 0.811 bits per heavy atom. The van der Waals surface area contributed by atoms with Crippen molar-refractivity contribution in [1.29, 1.82) is 0 Å². The van der Waals surface area contributed by atoms with Crippen LogP contribution in [-0.4, -0.2) is 38.8 Å². The Balaban J connectivity index is 0.000000604. The Morgan fingerprint density at radius 3 is 1.62 bits per heavy atom. The van der Waals surface area contributed by atoms with E-state index in [9.17, 15) is 9.90 Å². The van der Waals surface area contributed by atoms with Crippen LogP contribution in [0, 0.1) is 0 Å². The second kappa shape index (κ2) is 15.9. The number of quaternary nitrogens is 1. The molecule has 37 heavy (non-hydrogen) atoms. The minimum atomic E-state index is -1.09. The molecule has 3 rings (SSSR count). The molecule has 3 aromatic carbocycles. The van der Waals surface area contributed by atoms with Gasteiger partial charge in [-0.05, 0) is 56.0 Å². The molecule has 1 unspecified atom stereocenters. The molecule has 0 fully saturated rings. The molecule has 0 bridgehead atoms. The van der Waals surface area contributed by atoms with Crippen LogP contribution in [0.2, 0.25) is 0 Å². The Labute approximate surface area is 223 Å². The minimum Gasteiger partial charge on any atom is -0.548 e. The van der Waals surface area contributed by atoms with Gasteiger partial charge in [-0.3, -0.25) is 5.32 Å². The summed E-state index contributed by atoms with van der Waals surface area (Å²) in [7, 11) is 1.63. The van der Waals surface area contributed by atoms with Crippen LogP contribution < -0.4 is 20.1 Å². The molecule has 0 aliphatic rings. The zero-order chi connectivity index (χ0) is 27.1. The molecule has 0 aliphatic carbocycles. The zero-order valence-electron chi connectivity index (χ0n) is 23.1. The quantitative estimate of drug-likeness (QED) is 0.348. The summed E-state index contributed by atoms with van der Waals surface area (Å²) in [5.41, 5.74) is 2.00. The fourth-order valence-electron chi connectivity index (χ4n) is 4.64. The maximum Gasteiger partial charge on any atom is 0.118 e. The number of aliphatic carboxylic acids is 1. The normalized spacial score (nSPS) is 11.9. The third kappa shape index (κ3) is 8.17. The van der Waals surface area contributed by atoms with E-state index in [0.29, 0.717) is 6.42 Å². The van der Waals surface area contributed by atoms with Crippen LogP contribution in [0.25, 0.3) is 0 Å². The van der Waals surface area contributed by atoms with Gasteiger partial charge in [-0.2, -0.15) is 0 Å². The number of hydrogen-bond donors (Lipinski definition) is 2. The Morgan fingerprint density at radius 2 is 1.27 bits per heavy atom. The maximum absolute atomic E-state index is 12.1. The molecule has 0 heterocycles. The van der Waals surface area contributed by atoms with Gasteiger partial charge in [-0.1, -0.05) is 92.6 Å². The lowest BCUT2D eigenvalue weighted by Crippen LogP contribution is -3.11. The van der Waals surface area contributed by atoms with E-state index >= 15 is 0 Å². The summed E-state index contributed by atoms with van der Waals surface area (Å²) in [6.45, 7) is 12.5. The maximum atomic E-state index is 12.1. The number of carboxylic acid groups (broad SMARTS) is 1. The number of rotatable bonds is 13. The van der Waals surface area contributed by atoms with Gasteiger partial charge in [0.15, 0.2) is 0 Å². The summed E-state index contributed by atoms with van der Waals surface area (Å²) >= 11 is 0. The van der Waals surface area contributed by atoms with Crippen molar-refractivity contribution >= 4 is 5.97 Å². The number of methoxy groups -OCH3 is 1. The Kier molecular flexibility index (Phi) is 12.9. The van der Waals surface area contributed by atoms with Gasteiger partial charge in [0.1, 0.15) is 5.75 Å². The number of hydrogen-bond acceptors (Lipinski definition) is 4. The van der Waals surface area contributed by atoms with Crippen molar-refractivity contribution in [2.24, 2.45) is 0 Å². The highest BCUT2D eigenvalue weighted by molar-refractivity contribution is 5.72. The van der Waals surface area contributed by atoms with E-state index in [0.717, 1.165) is 35.3 Å². The molecule has 0 aliphatic heterocycles. The van der Waals surface area contributed by atoms with Gasteiger partial charge in [0, 0.05) is 6.04 Å². The molecule has 0 amide bonds. The molecule has 200 valence electrons. The molecule has 5 heteroatoms. The monoisotopic (exact) mass is 504 g/mol. The van der Waals surface area contributed by atoms with Crippen LogP contribution in [0.15, 0.2) is 84.9 Å². The van der Waals surface area contributed by atoms with E-state index in [-0.39, 0.29) is 0 Å². The lowest BCUT2D eigenvalue weighted by atomic mass is 9.76. The SMILES string of the molecule is CCCCC(NC(c1ccccc1)(c1ccccc1)c1ccc(OC)cc1)C(=O)[O-].CC[NH+](CC)CC. The van der Waals surface area contributed by atoms with Gasteiger partial charge in [-0.15, -0.1) is 0 Å². The van der Waals surface area contributed by atoms with Crippen molar-refractivity contribution in [3.8, 4) is 5.75 Å². The van der Waals surface area contributed by atoms with Crippen molar-refractivity contribution < 1.29 is 19.5 Å². The first-order chi connectivity index (χ1) is 18.0. The summed E-state index contributed by atoms with van der Waals surface area (Å²) in [6.07, 6.45) is 2.21. The van der Waals surface area contributed by atoms with Crippen LogP contribution >= 0.6 is 0 Å². The van der Waals surface area contributed by atoms with Crippen LogP contribution in [0.1, 0.15) is 63.6 Å². The molecule has 0 saturated heterocycles. The number of carbonyl (C=O) groups is 1. The molecule has 0 aromatic heterocycles. The van der Waals surface area contributed by atoms with Crippen molar-refractivity contribution in [3.63, 3.8) is 0 Å². The molecule has 2 N–H and O–H groups in total. The van der Waals surface area contributed by atoms with Gasteiger partial charge in [0.05, 0.1) is 38.3 Å². The molecule has 0 spiro atoms. The first kappa shape index (κ1) is 30.1. The second-order valence-electron chi connectivity index (χ2n) is 9.18. The Bertz CT molecular complexity index is 974. The number of nitrogens with one attached hydrogen (secondary N) is 2. The van der Waals surface area contributed by atoms with Gasteiger partial charge in [0.2, 0.25) is 0 Å². The average molecular weight is 505 g/mol. The van der Waals surface area contributed by atoms with Crippen molar-refractivity contribution in [3.05, 3.63) is 102 Å². The van der Waals surface area contributed by atoms with Crippen LogP contribution in [-0.2, 0) is 10.3 Å². The second-order valence-corrected chi connectivity index (χ2v) is 9.18. The van der Waals surface area contributed by atoms with Crippen LogP contribution in [0.3, 0.4) is 0 Å². The topological polar surface area (TPSA) is 65.8 Å². The molecule has 0 radical (unpaired) electrons. The van der Waals surface area contributed by atoms with Gasteiger partial charge < -0.3 is 19.5 Å². The number of unbranched alkanes of at least 4 members (excludes halogenated alkanes) is 1. The summed E-state index contributed by atoms with van der Waals surface area (Å²) < 4.78 is 5.34. The third-order valence-electron chi connectivity index (χ3n) is 6.96. The minimum absolute atomic E-state index is 0.496. The molecule has 5 nitrogen and oxygen atoms in total. The molecular formula is C32H44N2O3. The lowest BCUT2D eigenvalue weighted by Gasteiger charge is -2.40. The van der Waals surface area contributed by atoms with Crippen LogP contribution in [0.4, 0.5) is 0 Å². The smallest absolute Gasteiger partial charge is 0.118 e. The third-order valence-corrected chi connectivity index (χ3v) is 6.96. The van der Waals surface area contributed by atoms with Crippen LogP contribution in [0.5, 0.6) is 5.75 Å². The fraction of sp³-hybridized carbons (Fsp3) is 0.406. The molecule has 1 atom stereocenters. The summed E-state index contributed by atoms with van der Waals surface area (Å²) in [5.74, 6) is -0.343. The molecule has 0 saturated carbocycles. The summed E-state index contributed by atoms with van der Waals surface area (Å²) in [6, 6.07) is 26.9. The zero-order valence-corrected chi connectivity index (χ0v) is 23.1. The number of carboxylic acids is 1. The summed E-state index contributed by atoms with van der Waals surface area (Å²) in [5, 5.41) is 15.6. The first-order valence-corrected chi connectivity index (χ1v) is 13.5. The van der Waals surface area contributed by atoms with E-state index in [2.05, 4.69) is 33.0 Å². The highest BCUT2D eigenvalue weighted by Gasteiger charge is 2.38.